The summed E-state index contributed by atoms with van der Waals surface area (Å²) in [6.45, 7) is 1.01. The first-order valence-corrected chi connectivity index (χ1v) is 26.9. The minimum atomic E-state index is -1.18. The molecular weight excluding hydrogens is 1140 g/mol. The topological polar surface area (TPSA) is 407 Å². The van der Waals surface area contributed by atoms with Gasteiger partial charge in [0, 0.05) is 90.3 Å². The van der Waals surface area contributed by atoms with Gasteiger partial charge in [-0.1, -0.05) is 6.92 Å². The number of nitrogens with zero attached hydrogens (tertiary/aromatic N) is 8. The Bertz CT molecular complexity index is 3270. The molecule has 0 radical (unpaired) electrons. The summed E-state index contributed by atoms with van der Waals surface area (Å²) in [5.41, 5.74) is 0.653. The third kappa shape index (κ3) is 14.9. The fourth-order valence-corrected chi connectivity index (χ4v) is 11.4. The van der Waals surface area contributed by atoms with E-state index in [4.69, 9.17) is 18.9 Å². The SMILES string of the molecule is C[C@@H](O)[C@H]1C(=O)N2C(C(=O)OCc3ccc([N+](=O)[O-])cc3)=C(S[C@H]3C[C@@H](C(=O)N4CC[C@H](NC(=O)CN=C(NC(=O)OCc5ccc([N+](=O)[O-])cc5)NC(=O)OCc5ccc([N+](=O)[O-])cc5)C4)N(C(=O)OCc4ccc([N+](=O)[O-])cc4)C3)[C@H](C)[C@H]12. The van der Waals surface area contributed by atoms with Crippen LogP contribution in [0.1, 0.15) is 48.9 Å². The number of esters is 1. The highest BCUT2D eigenvalue weighted by Crippen LogP contribution is 2.52. The molecule has 3 fully saturated rings. The molecule has 4 heterocycles. The molecule has 0 unspecified atom stereocenters. The predicted molar refractivity (Wildman–Crippen MR) is 293 cm³/mol. The molecule has 8 rings (SSSR count). The predicted octanol–water partition coefficient (Wildman–Crippen LogP) is 4.87. The van der Waals surface area contributed by atoms with Gasteiger partial charge in [0.1, 0.15) is 44.7 Å². The number of aliphatic hydroxyl groups excluding tert-OH is 1. The second-order valence-electron chi connectivity index (χ2n) is 19.8. The van der Waals surface area contributed by atoms with Crippen molar-refractivity contribution in [3.8, 4) is 0 Å². The van der Waals surface area contributed by atoms with E-state index in [1.54, 1.807) is 6.92 Å². The molecule has 0 saturated carbocycles. The molecule has 4 aromatic rings. The quantitative estimate of drug-likeness (QED) is 0.0174. The van der Waals surface area contributed by atoms with Gasteiger partial charge >= 0.3 is 24.2 Å². The van der Waals surface area contributed by atoms with Crippen LogP contribution < -0.4 is 16.0 Å². The molecule has 4 aliphatic heterocycles. The van der Waals surface area contributed by atoms with Crippen LogP contribution in [0.15, 0.2) is 113 Å². The fourth-order valence-electron chi connectivity index (χ4n) is 9.85. The number of carbonyl (C=O) groups is 7. The summed E-state index contributed by atoms with van der Waals surface area (Å²) in [6.07, 6.45) is -4.14. The van der Waals surface area contributed by atoms with Gasteiger partial charge in [0.2, 0.25) is 23.7 Å². The first kappa shape index (κ1) is 61.0. The van der Waals surface area contributed by atoms with Crippen molar-refractivity contribution in [2.75, 3.05) is 26.2 Å². The van der Waals surface area contributed by atoms with Crippen molar-refractivity contribution in [2.45, 2.75) is 82.6 Å². The summed E-state index contributed by atoms with van der Waals surface area (Å²) >= 11 is 1.15. The van der Waals surface area contributed by atoms with Crippen LogP contribution in [0.5, 0.6) is 0 Å². The number of nitrogens with one attached hydrogen (secondary N) is 3. The van der Waals surface area contributed by atoms with Gasteiger partial charge in [0.05, 0.1) is 37.8 Å². The molecule has 31 nitrogen and oxygen atoms in total. The molecule has 4 N–H and O–H groups in total. The van der Waals surface area contributed by atoms with Gasteiger partial charge in [-0.15, -0.1) is 11.8 Å². The third-order valence-electron chi connectivity index (χ3n) is 14.1. The first-order valence-electron chi connectivity index (χ1n) is 26.0. The highest BCUT2D eigenvalue weighted by Gasteiger charge is 2.61. The Labute approximate surface area is 484 Å². The molecule has 85 heavy (non-hydrogen) atoms. The van der Waals surface area contributed by atoms with E-state index >= 15 is 0 Å². The summed E-state index contributed by atoms with van der Waals surface area (Å²) in [5.74, 6) is -4.70. The lowest BCUT2D eigenvalue weighted by Gasteiger charge is -2.46. The highest BCUT2D eigenvalue weighted by atomic mass is 32.2. The van der Waals surface area contributed by atoms with Gasteiger partial charge in [-0.3, -0.25) is 70.4 Å². The van der Waals surface area contributed by atoms with Crippen molar-refractivity contribution in [3.63, 3.8) is 0 Å². The van der Waals surface area contributed by atoms with Crippen LogP contribution in [0.3, 0.4) is 0 Å². The van der Waals surface area contributed by atoms with E-state index < -0.39 is 115 Å². The van der Waals surface area contributed by atoms with E-state index in [1.165, 1.54) is 119 Å². The zero-order chi connectivity index (χ0) is 61.2. The number of non-ortho nitro benzene ring substituents is 4. The Balaban J connectivity index is 0.949. The number of hydrogen-bond acceptors (Lipinski definition) is 22. The smallest absolute Gasteiger partial charge is 0.414 e. The van der Waals surface area contributed by atoms with Crippen molar-refractivity contribution in [1.82, 2.24) is 30.7 Å². The van der Waals surface area contributed by atoms with E-state index in [-0.39, 0.29) is 87.4 Å². The van der Waals surface area contributed by atoms with Crippen LogP contribution in [0, 0.1) is 52.3 Å². The number of aliphatic hydroxyl groups is 1. The number of β-lactam (4-membered cyclic amide) rings is 1. The molecular formula is C53H53N11O20S. The van der Waals surface area contributed by atoms with Crippen LogP contribution in [0.2, 0.25) is 0 Å². The van der Waals surface area contributed by atoms with Gasteiger partial charge in [0.25, 0.3) is 22.7 Å². The van der Waals surface area contributed by atoms with Gasteiger partial charge < -0.3 is 39.2 Å². The van der Waals surface area contributed by atoms with E-state index in [0.29, 0.717) is 27.2 Å². The molecule has 4 aliphatic rings. The normalized spacial score (nSPS) is 19.8. The number of nitro benzene ring substituents is 4. The molecule has 4 aromatic carbocycles. The van der Waals surface area contributed by atoms with Crippen LogP contribution in [0.25, 0.3) is 0 Å². The Morgan fingerprint density at radius 1 is 0.682 bits per heavy atom. The molecule has 32 heteroatoms. The standard InChI is InChI=1S/C53H53N11O20S/c1-29-44-43(30(2)65)48(68)60(44)45(49(69)81-25-31-3-11-36(12-4-31)61(73)74)46(29)85-40-21-41(59(24-40)53(72)84-28-34-9-17-39(18-10-34)64(79)80)47(67)58-20-19-35(23-58)55-42(66)22-54-50(56-51(70)82-26-32-5-13-37(14-6-32)62(75)76)57-52(71)83-27-33-7-15-38(16-8-33)63(77)78/h3-18,29-30,35,40-41,43-44,65H,19-28H2,1-2H3,(H,55,66)(H2,54,56,57,70,71)/t29-,30-,35+,40+,41+,43-,44-/m1/s1. The zero-order valence-electron chi connectivity index (χ0n) is 45.0. The summed E-state index contributed by atoms with van der Waals surface area (Å²) in [5, 5.41) is 61.7. The second kappa shape index (κ2) is 26.9. The van der Waals surface area contributed by atoms with E-state index in [0.717, 1.165) is 11.8 Å². The number of fused-ring (bicyclic) bond motifs is 1. The lowest BCUT2D eigenvalue weighted by Crippen LogP contribution is -2.63. The van der Waals surface area contributed by atoms with Crippen molar-refractivity contribution in [2.24, 2.45) is 16.8 Å². The molecule has 6 amide bonds. The summed E-state index contributed by atoms with van der Waals surface area (Å²) in [6, 6.07) is 18.2. The maximum Gasteiger partial charge on any atom is 0.414 e. The number of rotatable bonds is 20. The van der Waals surface area contributed by atoms with Gasteiger partial charge in [-0.05, 0) is 90.6 Å². The molecule has 0 aromatic heterocycles. The number of aliphatic imine (C=N–C) groups is 1. The average molecular weight is 1200 g/mol. The van der Waals surface area contributed by atoms with Gasteiger partial charge in [-0.2, -0.15) is 0 Å². The Morgan fingerprint density at radius 3 is 1.58 bits per heavy atom. The summed E-state index contributed by atoms with van der Waals surface area (Å²) in [4.78, 5) is 146. The molecule has 446 valence electrons. The number of carbonyl (C=O) groups excluding carboxylic acids is 7. The fraction of sp³-hybridized carbons (Fsp3) is 0.358. The zero-order valence-corrected chi connectivity index (χ0v) is 45.9. The lowest BCUT2D eigenvalue weighted by molar-refractivity contribution is -0.385. The first-order chi connectivity index (χ1) is 40.5. The Kier molecular flexibility index (Phi) is 19.3. The number of ether oxygens (including phenoxy) is 4. The van der Waals surface area contributed by atoms with Crippen molar-refractivity contribution < 1.29 is 77.3 Å². The van der Waals surface area contributed by atoms with Crippen LogP contribution >= 0.6 is 11.8 Å². The third-order valence-corrected chi connectivity index (χ3v) is 15.6. The number of alkyl carbamates (subject to hydrolysis) is 2. The molecule has 0 spiro atoms. The number of nitro groups is 4. The Hall–Kier alpha value is -10.1. The maximum absolute atomic E-state index is 14.6. The Morgan fingerprint density at radius 2 is 1.13 bits per heavy atom. The number of guanidine groups is 1. The van der Waals surface area contributed by atoms with E-state index in [2.05, 4.69) is 20.9 Å². The van der Waals surface area contributed by atoms with E-state index in [9.17, 15) is 79.1 Å². The number of hydrogen-bond donors (Lipinski definition) is 4. The summed E-state index contributed by atoms with van der Waals surface area (Å²) < 4.78 is 21.7. The van der Waals surface area contributed by atoms with Gasteiger partial charge in [-0.25, -0.2) is 24.2 Å². The largest absolute Gasteiger partial charge is 0.456 e. The minimum absolute atomic E-state index is 0.00639. The average Bonchev–Trinajstić information content (AvgIpc) is 3.02. The maximum atomic E-state index is 14.6. The lowest BCUT2D eigenvalue weighted by atomic mass is 9.79. The monoisotopic (exact) mass is 1200 g/mol. The summed E-state index contributed by atoms with van der Waals surface area (Å²) in [7, 11) is 0. The van der Waals surface area contributed by atoms with Crippen molar-refractivity contribution in [3.05, 3.63) is 170 Å². The second-order valence-corrected chi connectivity index (χ2v) is 21.2. The number of likely N-dealkylation sites (tertiary alicyclic amines) is 2. The molecule has 3 saturated heterocycles. The van der Waals surface area contributed by atoms with Crippen LogP contribution in [-0.4, -0.2) is 143 Å². The number of thioether (sulfide) groups is 1. The van der Waals surface area contributed by atoms with Crippen LogP contribution in [0.4, 0.5) is 37.1 Å². The highest BCUT2D eigenvalue weighted by molar-refractivity contribution is 8.03. The number of amides is 6. The molecule has 0 aliphatic carbocycles. The molecule has 0 bridgehead atoms. The van der Waals surface area contributed by atoms with Crippen molar-refractivity contribution in [1.29, 1.82) is 0 Å². The van der Waals surface area contributed by atoms with Gasteiger partial charge in [0.15, 0.2) is 0 Å². The molecule has 7 atom stereocenters. The minimum Gasteiger partial charge on any atom is -0.456 e. The van der Waals surface area contributed by atoms with Crippen molar-refractivity contribution >= 4 is 82.4 Å². The number of benzene rings is 4. The van der Waals surface area contributed by atoms with E-state index in [1.807, 2.05) is 0 Å². The van der Waals surface area contributed by atoms with Crippen LogP contribution in [-0.2, 0) is 64.6 Å².